The Labute approximate surface area is 198 Å². The predicted octanol–water partition coefficient (Wildman–Crippen LogP) is 4.79. The topological polar surface area (TPSA) is 88.9 Å². The first-order valence-electron chi connectivity index (χ1n) is 9.49. The SMILES string of the molecule is Cc1ccc(F)cc1NC(=O)CSc1nnc(C(C)NC(=O)c2ccc(Cl)cc2Cl)n1C. The van der Waals surface area contributed by atoms with Gasteiger partial charge >= 0.3 is 0 Å². The lowest BCUT2D eigenvalue weighted by molar-refractivity contribution is -0.113. The third-order valence-corrected chi connectivity index (χ3v) is 6.15. The number of aromatic nitrogens is 3. The molecular formula is C21H20Cl2FN5O2S. The first-order chi connectivity index (χ1) is 15.2. The average Bonchev–Trinajstić information content (AvgIpc) is 3.09. The molecule has 11 heteroatoms. The number of rotatable bonds is 7. The number of hydrogen-bond donors (Lipinski definition) is 2. The summed E-state index contributed by atoms with van der Waals surface area (Å²) in [7, 11) is 1.74. The molecule has 0 saturated heterocycles. The molecule has 0 bridgehead atoms. The van der Waals surface area contributed by atoms with E-state index in [1.807, 2.05) is 0 Å². The van der Waals surface area contributed by atoms with Gasteiger partial charge in [0.05, 0.1) is 22.4 Å². The van der Waals surface area contributed by atoms with Gasteiger partial charge in [-0.15, -0.1) is 10.2 Å². The molecule has 0 aliphatic heterocycles. The zero-order valence-corrected chi connectivity index (χ0v) is 19.8. The van der Waals surface area contributed by atoms with Crippen molar-refractivity contribution in [3.05, 3.63) is 69.2 Å². The average molecular weight is 496 g/mol. The number of aryl methyl sites for hydroxylation is 1. The molecule has 32 heavy (non-hydrogen) atoms. The number of carbonyl (C=O) groups is 2. The molecule has 1 unspecified atom stereocenters. The number of nitrogens with one attached hydrogen (secondary N) is 2. The van der Waals surface area contributed by atoms with Gasteiger partial charge in [-0.1, -0.05) is 41.0 Å². The van der Waals surface area contributed by atoms with Crippen LogP contribution in [0, 0.1) is 12.7 Å². The van der Waals surface area contributed by atoms with Crippen LogP contribution in [0.15, 0.2) is 41.6 Å². The molecule has 1 aromatic heterocycles. The quantitative estimate of drug-likeness (QED) is 0.460. The highest BCUT2D eigenvalue weighted by molar-refractivity contribution is 7.99. The zero-order valence-electron chi connectivity index (χ0n) is 17.4. The second-order valence-electron chi connectivity index (χ2n) is 7.02. The van der Waals surface area contributed by atoms with Gasteiger partial charge < -0.3 is 15.2 Å². The predicted molar refractivity (Wildman–Crippen MR) is 124 cm³/mol. The Morgan fingerprint density at radius 2 is 1.94 bits per heavy atom. The number of halogens is 3. The Kier molecular flexibility index (Phi) is 7.76. The zero-order chi connectivity index (χ0) is 23.4. The molecule has 3 rings (SSSR count). The first-order valence-corrected chi connectivity index (χ1v) is 11.2. The molecule has 1 atom stereocenters. The standard InChI is InChI=1S/C21H20Cl2FN5O2S/c1-11-4-6-14(24)9-17(11)26-18(30)10-32-21-28-27-19(29(21)3)12(2)25-20(31)15-7-5-13(22)8-16(15)23/h4-9,12H,10H2,1-3H3,(H,25,31)(H,26,30). The molecule has 168 valence electrons. The number of nitrogens with zero attached hydrogens (tertiary/aromatic N) is 3. The van der Waals surface area contributed by atoms with Gasteiger partial charge in [0.25, 0.3) is 5.91 Å². The summed E-state index contributed by atoms with van der Waals surface area (Å²) in [5.74, 6) is -0.531. The van der Waals surface area contributed by atoms with Crippen molar-refractivity contribution < 1.29 is 14.0 Å². The van der Waals surface area contributed by atoms with Gasteiger partial charge in [-0.05, 0) is 49.7 Å². The number of benzene rings is 2. The molecule has 2 amide bonds. The third kappa shape index (κ3) is 5.79. The minimum Gasteiger partial charge on any atom is -0.342 e. The van der Waals surface area contributed by atoms with Crippen molar-refractivity contribution in [1.82, 2.24) is 20.1 Å². The lowest BCUT2D eigenvalue weighted by Crippen LogP contribution is -2.28. The molecule has 0 spiro atoms. The van der Waals surface area contributed by atoms with E-state index in [-0.39, 0.29) is 22.6 Å². The van der Waals surface area contributed by atoms with Crippen LogP contribution in [0.5, 0.6) is 0 Å². The number of hydrogen-bond acceptors (Lipinski definition) is 5. The maximum atomic E-state index is 13.4. The molecule has 0 aliphatic rings. The normalized spacial score (nSPS) is 11.8. The third-order valence-electron chi connectivity index (χ3n) is 4.59. The highest BCUT2D eigenvalue weighted by atomic mass is 35.5. The van der Waals surface area contributed by atoms with E-state index < -0.39 is 11.9 Å². The second-order valence-corrected chi connectivity index (χ2v) is 8.80. The Morgan fingerprint density at radius 3 is 2.66 bits per heavy atom. The molecule has 0 radical (unpaired) electrons. The highest BCUT2D eigenvalue weighted by Crippen LogP contribution is 2.23. The molecule has 2 aromatic carbocycles. The minimum absolute atomic E-state index is 0.0586. The van der Waals surface area contributed by atoms with Gasteiger partial charge in [-0.3, -0.25) is 9.59 Å². The van der Waals surface area contributed by atoms with Gasteiger partial charge in [0.1, 0.15) is 5.82 Å². The summed E-state index contributed by atoms with van der Waals surface area (Å²) in [6.45, 7) is 3.55. The van der Waals surface area contributed by atoms with E-state index in [2.05, 4.69) is 20.8 Å². The molecular weight excluding hydrogens is 476 g/mol. The molecule has 2 N–H and O–H groups in total. The first kappa shape index (κ1) is 24.0. The second kappa shape index (κ2) is 10.3. The van der Waals surface area contributed by atoms with Crippen molar-refractivity contribution in [3.8, 4) is 0 Å². The number of anilines is 1. The van der Waals surface area contributed by atoms with Crippen LogP contribution in [0.1, 0.15) is 34.7 Å². The molecule has 0 aliphatic carbocycles. The van der Waals surface area contributed by atoms with Gasteiger partial charge in [0.2, 0.25) is 5.91 Å². The van der Waals surface area contributed by atoms with E-state index in [9.17, 15) is 14.0 Å². The van der Waals surface area contributed by atoms with E-state index in [1.165, 1.54) is 30.0 Å². The highest BCUT2D eigenvalue weighted by Gasteiger charge is 2.20. The van der Waals surface area contributed by atoms with E-state index in [0.29, 0.717) is 27.3 Å². The van der Waals surface area contributed by atoms with Gasteiger partial charge in [-0.25, -0.2) is 4.39 Å². The van der Waals surface area contributed by atoms with Crippen molar-refractivity contribution in [2.75, 3.05) is 11.1 Å². The summed E-state index contributed by atoms with van der Waals surface area (Å²) in [6, 6.07) is 8.36. The molecule has 7 nitrogen and oxygen atoms in total. The van der Waals surface area contributed by atoms with Gasteiger partial charge in [0.15, 0.2) is 11.0 Å². The van der Waals surface area contributed by atoms with Crippen LogP contribution in [-0.4, -0.2) is 32.3 Å². The van der Waals surface area contributed by atoms with Crippen molar-refractivity contribution in [3.63, 3.8) is 0 Å². The summed E-state index contributed by atoms with van der Waals surface area (Å²) in [6.07, 6.45) is 0. The minimum atomic E-state index is -0.468. The Balaban J connectivity index is 1.61. The van der Waals surface area contributed by atoms with Crippen molar-refractivity contribution in [1.29, 1.82) is 0 Å². The van der Waals surface area contributed by atoms with Crippen molar-refractivity contribution >= 4 is 52.5 Å². The van der Waals surface area contributed by atoms with E-state index in [4.69, 9.17) is 23.2 Å². The van der Waals surface area contributed by atoms with Crippen LogP contribution in [0.2, 0.25) is 10.0 Å². The Morgan fingerprint density at radius 1 is 1.19 bits per heavy atom. The van der Waals surface area contributed by atoms with Crippen molar-refractivity contribution in [2.45, 2.75) is 25.0 Å². The lowest BCUT2D eigenvalue weighted by Gasteiger charge is -2.14. The number of carbonyl (C=O) groups excluding carboxylic acids is 2. The number of amides is 2. The molecule has 0 fully saturated rings. The van der Waals surface area contributed by atoms with E-state index in [1.54, 1.807) is 43.7 Å². The van der Waals surface area contributed by atoms with Crippen LogP contribution in [0.3, 0.4) is 0 Å². The molecule has 0 saturated carbocycles. The fourth-order valence-electron chi connectivity index (χ4n) is 2.89. The fraction of sp³-hybridized carbons (Fsp3) is 0.238. The van der Waals surface area contributed by atoms with Gasteiger partial charge in [0, 0.05) is 17.8 Å². The van der Waals surface area contributed by atoms with E-state index in [0.717, 1.165) is 5.56 Å². The van der Waals surface area contributed by atoms with Gasteiger partial charge in [-0.2, -0.15) is 0 Å². The summed E-state index contributed by atoms with van der Waals surface area (Å²) in [5.41, 5.74) is 1.48. The summed E-state index contributed by atoms with van der Waals surface area (Å²) >= 11 is 13.1. The van der Waals surface area contributed by atoms with Crippen molar-refractivity contribution in [2.24, 2.45) is 7.05 Å². The van der Waals surface area contributed by atoms with E-state index >= 15 is 0 Å². The number of thioether (sulfide) groups is 1. The van der Waals surface area contributed by atoms with Crippen LogP contribution in [0.25, 0.3) is 0 Å². The fourth-order valence-corrected chi connectivity index (χ4v) is 4.10. The van der Waals surface area contributed by atoms with Crippen LogP contribution < -0.4 is 10.6 Å². The summed E-state index contributed by atoms with van der Waals surface area (Å²) < 4.78 is 15.1. The summed E-state index contributed by atoms with van der Waals surface area (Å²) in [4.78, 5) is 24.8. The molecule has 3 aromatic rings. The van der Waals surface area contributed by atoms with Crippen LogP contribution in [0.4, 0.5) is 10.1 Å². The van der Waals surface area contributed by atoms with Crippen LogP contribution in [-0.2, 0) is 11.8 Å². The maximum absolute atomic E-state index is 13.4. The maximum Gasteiger partial charge on any atom is 0.253 e. The smallest absolute Gasteiger partial charge is 0.253 e. The van der Waals surface area contributed by atoms with Crippen LogP contribution >= 0.6 is 35.0 Å². The Hall–Kier alpha value is -2.62. The summed E-state index contributed by atoms with van der Waals surface area (Å²) in [5, 5.41) is 14.9. The monoisotopic (exact) mass is 495 g/mol. The Bertz CT molecular complexity index is 1170. The lowest BCUT2D eigenvalue weighted by atomic mass is 10.2. The largest absolute Gasteiger partial charge is 0.342 e. The molecule has 1 heterocycles.